The molecular weight excluding hydrogens is 236 g/mol. The third-order valence-corrected chi connectivity index (χ3v) is 3.84. The largest absolute Gasteiger partial charge is 0.342 e. The second kappa shape index (κ2) is 4.62. The van der Waals surface area contributed by atoms with Crippen molar-refractivity contribution in [2.45, 2.75) is 45.3 Å². The molecular formula is C15H22N4. The first kappa shape index (κ1) is 12.6. The highest BCUT2D eigenvalue weighted by atomic mass is 15.1. The van der Waals surface area contributed by atoms with Gasteiger partial charge in [0.05, 0.1) is 11.0 Å². The van der Waals surface area contributed by atoms with Gasteiger partial charge in [0.2, 0.25) is 0 Å². The number of aromatic nitrogens is 2. The summed E-state index contributed by atoms with van der Waals surface area (Å²) in [5.41, 5.74) is 3.75. The molecule has 1 atom stereocenters. The maximum atomic E-state index is 4.42. The van der Waals surface area contributed by atoms with Gasteiger partial charge in [0.15, 0.2) is 0 Å². The number of imidazole rings is 1. The van der Waals surface area contributed by atoms with Gasteiger partial charge in [-0.2, -0.15) is 0 Å². The molecule has 1 aromatic heterocycles. The van der Waals surface area contributed by atoms with Crippen LogP contribution in [0.1, 0.15) is 31.7 Å². The minimum Gasteiger partial charge on any atom is -0.342 e. The standard InChI is InChI=1S/C15H22N4/c1-10-18-13-5-4-11(6-14(13)19-10)8-16-12-7-15(2,3)17-9-12/h4-6,12,16-17H,7-9H2,1-3H3,(H,18,19). The van der Waals surface area contributed by atoms with Crippen LogP contribution in [0.25, 0.3) is 11.0 Å². The molecule has 0 spiro atoms. The lowest BCUT2D eigenvalue weighted by Gasteiger charge is -2.17. The van der Waals surface area contributed by atoms with Gasteiger partial charge in [-0.15, -0.1) is 0 Å². The van der Waals surface area contributed by atoms with Gasteiger partial charge in [0.1, 0.15) is 5.82 Å². The molecule has 0 amide bonds. The molecule has 102 valence electrons. The average Bonchev–Trinajstić information content (AvgIpc) is 2.87. The van der Waals surface area contributed by atoms with Crippen molar-refractivity contribution in [1.82, 2.24) is 20.6 Å². The van der Waals surface area contributed by atoms with E-state index in [9.17, 15) is 0 Å². The molecule has 3 N–H and O–H groups in total. The molecule has 0 bridgehead atoms. The zero-order chi connectivity index (χ0) is 13.5. The fourth-order valence-corrected chi connectivity index (χ4v) is 2.86. The van der Waals surface area contributed by atoms with Gasteiger partial charge in [-0.05, 0) is 44.9 Å². The zero-order valence-electron chi connectivity index (χ0n) is 11.9. The van der Waals surface area contributed by atoms with Crippen molar-refractivity contribution >= 4 is 11.0 Å². The number of hydrogen-bond donors (Lipinski definition) is 3. The first-order valence-electron chi connectivity index (χ1n) is 6.95. The van der Waals surface area contributed by atoms with Crippen LogP contribution < -0.4 is 10.6 Å². The van der Waals surface area contributed by atoms with E-state index in [0.717, 1.165) is 29.9 Å². The summed E-state index contributed by atoms with van der Waals surface area (Å²) in [5.74, 6) is 0.974. The van der Waals surface area contributed by atoms with Crippen LogP contribution in [-0.2, 0) is 6.54 Å². The lowest BCUT2D eigenvalue weighted by atomic mass is 10.0. The molecule has 1 fully saturated rings. The van der Waals surface area contributed by atoms with Crippen LogP contribution in [0.3, 0.4) is 0 Å². The summed E-state index contributed by atoms with van der Waals surface area (Å²) in [6.07, 6.45) is 1.18. The molecule has 1 saturated heterocycles. The third-order valence-electron chi connectivity index (χ3n) is 3.84. The molecule has 1 aliphatic heterocycles. The molecule has 4 heteroatoms. The summed E-state index contributed by atoms with van der Waals surface area (Å²) < 4.78 is 0. The number of hydrogen-bond acceptors (Lipinski definition) is 3. The fraction of sp³-hybridized carbons (Fsp3) is 0.533. The van der Waals surface area contributed by atoms with E-state index in [2.05, 4.69) is 52.6 Å². The Labute approximate surface area is 114 Å². The number of rotatable bonds is 3. The molecule has 0 saturated carbocycles. The lowest BCUT2D eigenvalue weighted by Crippen LogP contribution is -2.31. The van der Waals surface area contributed by atoms with E-state index >= 15 is 0 Å². The molecule has 2 heterocycles. The van der Waals surface area contributed by atoms with Gasteiger partial charge in [-0.25, -0.2) is 4.98 Å². The third kappa shape index (κ3) is 2.80. The van der Waals surface area contributed by atoms with E-state index < -0.39 is 0 Å². The molecule has 0 aliphatic carbocycles. The Morgan fingerprint density at radius 3 is 3.00 bits per heavy atom. The lowest BCUT2D eigenvalue weighted by molar-refractivity contribution is 0.442. The summed E-state index contributed by atoms with van der Waals surface area (Å²) in [6.45, 7) is 8.47. The summed E-state index contributed by atoms with van der Waals surface area (Å²) >= 11 is 0. The summed E-state index contributed by atoms with van der Waals surface area (Å²) in [4.78, 5) is 7.71. The molecule has 19 heavy (non-hydrogen) atoms. The van der Waals surface area contributed by atoms with E-state index in [1.165, 1.54) is 12.0 Å². The number of H-pyrrole nitrogens is 1. The second-order valence-electron chi connectivity index (χ2n) is 6.22. The molecule has 4 nitrogen and oxygen atoms in total. The SMILES string of the molecule is Cc1nc2ccc(CNC3CNC(C)(C)C3)cc2[nH]1. The Morgan fingerprint density at radius 2 is 2.26 bits per heavy atom. The molecule has 1 aliphatic rings. The number of nitrogens with one attached hydrogen (secondary N) is 3. The van der Waals surface area contributed by atoms with Gasteiger partial charge in [0, 0.05) is 24.7 Å². The number of aryl methyl sites for hydroxylation is 1. The van der Waals surface area contributed by atoms with Gasteiger partial charge < -0.3 is 15.6 Å². The highest BCUT2D eigenvalue weighted by Crippen LogP contribution is 2.19. The van der Waals surface area contributed by atoms with Crippen LogP contribution in [-0.4, -0.2) is 28.1 Å². The Balaban J connectivity index is 1.65. The predicted molar refractivity (Wildman–Crippen MR) is 78.2 cm³/mol. The second-order valence-corrected chi connectivity index (χ2v) is 6.22. The highest BCUT2D eigenvalue weighted by Gasteiger charge is 2.29. The highest BCUT2D eigenvalue weighted by molar-refractivity contribution is 5.75. The number of nitrogens with zero attached hydrogens (tertiary/aromatic N) is 1. The van der Waals surface area contributed by atoms with Gasteiger partial charge in [0.25, 0.3) is 0 Å². The monoisotopic (exact) mass is 258 g/mol. The van der Waals surface area contributed by atoms with Crippen molar-refractivity contribution in [2.75, 3.05) is 6.54 Å². The normalized spacial score (nSPS) is 22.2. The summed E-state index contributed by atoms with van der Waals surface area (Å²) in [7, 11) is 0. The van der Waals surface area contributed by atoms with E-state index in [-0.39, 0.29) is 5.54 Å². The molecule has 1 unspecified atom stereocenters. The molecule has 3 rings (SSSR count). The Hall–Kier alpha value is -1.39. The van der Waals surface area contributed by atoms with Crippen molar-refractivity contribution in [3.05, 3.63) is 29.6 Å². The smallest absolute Gasteiger partial charge is 0.104 e. The average molecular weight is 258 g/mol. The van der Waals surface area contributed by atoms with E-state index in [1.807, 2.05) is 6.92 Å². The Kier molecular flexibility index (Phi) is 3.07. The van der Waals surface area contributed by atoms with Crippen molar-refractivity contribution in [2.24, 2.45) is 0 Å². The minimum atomic E-state index is 0.266. The van der Waals surface area contributed by atoms with Crippen LogP contribution in [0.4, 0.5) is 0 Å². The predicted octanol–water partition coefficient (Wildman–Crippen LogP) is 2.10. The van der Waals surface area contributed by atoms with Crippen LogP contribution in [0.2, 0.25) is 0 Å². The Bertz CT molecular complexity index is 585. The maximum absolute atomic E-state index is 4.42. The minimum absolute atomic E-state index is 0.266. The number of benzene rings is 1. The van der Waals surface area contributed by atoms with Gasteiger partial charge in [-0.3, -0.25) is 0 Å². The van der Waals surface area contributed by atoms with E-state index in [4.69, 9.17) is 0 Å². The zero-order valence-corrected chi connectivity index (χ0v) is 11.9. The van der Waals surface area contributed by atoms with Gasteiger partial charge in [-0.1, -0.05) is 6.07 Å². The summed E-state index contributed by atoms with van der Waals surface area (Å²) in [5, 5.41) is 7.16. The fourth-order valence-electron chi connectivity index (χ4n) is 2.86. The topological polar surface area (TPSA) is 52.7 Å². The van der Waals surface area contributed by atoms with Crippen LogP contribution in [0, 0.1) is 6.92 Å². The molecule has 1 aromatic carbocycles. The van der Waals surface area contributed by atoms with Crippen LogP contribution in [0.15, 0.2) is 18.2 Å². The van der Waals surface area contributed by atoms with Crippen molar-refractivity contribution in [3.63, 3.8) is 0 Å². The first-order valence-corrected chi connectivity index (χ1v) is 6.95. The van der Waals surface area contributed by atoms with E-state index in [1.54, 1.807) is 0 Å². The van der Waals surface area contributed by atoms with Crippen molar-refractivity contribution < 1.29 is 0 Å². The number of aromatic amines is 1. The van der Waals surface area contributed by atoms with Crippen molar-refractivity contribution in [1.29, 1.82) is 0 Å². The van der Waals surface area contributed by atoms with Crippen LogP contribution >= 0.6 is 0 Å². The molecule has 2 aromatic rings. The Morgan fingerprint density at radius 1 is 1.42 bits per heavy atom. The maximum Gasteiger partial charge on any atom is 0.104 e. The van der Waals surface area contributed by atoms with Gasteiger partial charge >= 0.3 is 0 Å². The number of fused-ring (bicyclic) bond motifs is 1. The summed E-state index contributed by atoms with van der Waals surface area (Å²) in [6, 6.07) is 7.00. The first-order chi connectivity index (χ1) is 9.02. The van der Waals surface area contributed by atoms with Crippen LogP contribution in [0.5, 0.6) is 0 Å². The molecule has 0 radical (unpaired) electrons. The van der Waals surface area contributed by atoms with E-state index in [0.29, 0.717) is 6.04 Å². The van der Waals surface area contributed by atoms with Crippen molar-refractivity contribution in [3.8, 4) is 0 Å². The quantitative estimate of drug-likeness (QED) is 0.790.